The number of alkyl carbamates (subject to hydrolysis) is 1. The van der Waals surface area contributed by atoms with Crippen molar-refractivity contribution in [3.63, 3.8) is 0 Å². The molecule has 31 heavy (non-hydrogen) atoms. The van der Waals surface area contributed by atoms with Crippen molar-refractivity contribution in [2.75, 3.05) is 13.2 Å². The maximum absolute atomic E-state index is 12.2. The number of rotatable bonds is 9. The van der Waals surface area contributed by atoms with Gasteiger partial charge in [0.25, 0.3) is 0 Å². The monoisotopic (exact) mass is 426 g/mol. The van der Waals surface area contributed by atoms with E-state index in [4.69, 9.17) is 14.9 Å². The highest BCUT2D eigenvalue weighted by Crippen LogP contribution is 2.44. The summed E-state index contributed by atoms with van der Waals surface area (Å²) >= 11 is 0. The molecule has 1 unspecified atom stereocenters. The van der Waals surface area contributed by atoms with E-state index in [0.29, 0.717) is 6.42 Å². The fourth-order valence-corrected chi connectivity index (χ4v) is 3.65. The van der Waals surface area contributed by atoms with E-state index < -0.39 is 24.1 Å². The molecule has 164 valence electrons. The minimum atomic E-state index is -1.64. The summed E-state index contributed by atoms with van der Waals surface area (Å²) in [5.41, 5.74) is 4.56. The van der Waals surface area contributed by atoms with Crippen LogP contribution in [0.25, 0.3) is 11.1 Å². The van der Waals surface area contributed by atoms with Crippen molar-refractivity contribution >= 4 is 18.0 Å². The molecule has 8 nitrogen and oxygen atoms in total. The Morgan fingerprint density at radius 1 is 1.03 bits per heavy atom. The quantitative estimate of drug-likeness (QED) is 0.487. The first kappa shape index (κ1) is 22.3. The van der Waals surface area contributed by atoms with Gasteiger partial charge in [-0.1, -0.05) is 48.5 Å². The molecule has 0 bridgehead atoms. The molecule has 4 N–H and O–H groups in total. The summed E-state index contributed by atoms with van der Waals surface area (Å²) in [6.45, 7) is 1.60. The molecule has 0 saturated carbocycles. The molecule has 0 aromatic heterocycles. The van der Waals surface area contributed by atoms with E-state index in [1.54, 1.807) is 6.92 Å². The summed E-state index contributed by atoms with van der Waals surface area (Å²) < 4.78 is 5.47. The first-order valence-corrected chi connectivity index (χ1v) is 10.2. The van der Waals surface area contributed by atoms with Crippen LogP contribution in [0.5, 0.6) is 0 Å². The van der Waals surface area contributed by atoms with Gasteiger partial charge in [-0.15, -0.1) is 0 Å². The molecule has 8 heteroatoms. The lowest BCUT2D eigenvalue weighted by Crippen LogP contribution is -2.38. The molecule has 1 aliphatic carbocycles. The van der Waals surface area contributed by atoms with Gasteiger partial charge >= 0.3 is 12.1 Å². The predicted molar refractivity (Wildman–Crippen MR) is 114 cm³/mol. The normalized spacial score (nSPS) is 14.1. The highest BCUT2D eigenvalue weighted by atomic mass is 16.5. The maximum Gasteiger partial charge on any atom is 0.407 e. The second-order valence-corrected chi connectivity index (χ2v) is 7.57. The van der Waals surface area contributed by atoms with Crippen LogP contribution in [0.4, 0.5) is 4.79 Å². The van der Waals surface area contributed by atoms with Gasteiger partial charge < -0.3 is 25.6 Å². The smallest absolute Gasteiger partial charge is 0.407 e. The van der Waals surface area contributed by atoms with E-state index in [9.17, 15) is 14.4 Å². The molecule has 0 radical (unpaired) electrons. The first-order chi connectivity index (χ1) is 14.9. The van der Waals surface area contributed by atoms with Gasteiger partial charge in [-0.25, -0.2) is 9.59 Å². The van der Waals surface area contributed by atoms with Crippen molar-refractivity contribution < 1.29 is 29.3 Å². The number of fused-ring (bicyclic) bond motifs is 3. The molecule has 0 spiro atoms. The Morgan fingerprint density at radius 2 is 1.61 bits per heavy atom. The number of benzene rings is 2. The number of carbonyl (C=O) groups is 3. The molecule has 0 fully saturated rings. The van der Waals surface area contributed by atoms with Gasteiger partial charge in [-0.3, -0.25) is 4.79 Å². The Kier molecular flexibility index (Phi) is 7.25. The van der Waals surface area contributed by atoms with Crippen molar-refractivity contribution in [1.29, 1.82) is 0 Å². The van der Waals surface area contributed by atoms with Gasteiger partial charge in [-0.05, 0) is 35.6 Å². The SMILES string of the molecule is CC(CCC(=O)NC[C@H](O)C(=O)O)NC(=O)OCC1c2ccccc2-c2ccccc21. The van der Waals surface area contributed by atoms with E-state index in [1.807, 2.05) is 36.4 Å². The lowest BCUT2D eigenvalue weighted by atomic mass is 9.98. The van der Waals surface area contributed by atoms with Crippen LogP contribution in [0.1, 0.15) is 36.8 Å². The number of amides is 2. The third kappa shape index (κ3) is 5.61. The van der Waals surface area contributed by atoms with Crippen molar-refractivity contribution in [3.8, 4) is 11.1 Å². The van der Waals surface area contributed by atoms with E-state index in [1.165, 1.54) is 0 Å². The van der Waals surface area contributed by atoms with E-state index in [-0.39, 0.29) is 31.5 Å². The number of ether oxygens (including phenoxy) is 1. The van der Waals surface area contributed by atoms with Crippen LogP contribution >= 0.6 is 0 Å². The molecule has 0 heterocycles. The Labute approximate surface area is 180 Å². The van der Waals surface area contributed by atoms with E-state index >= 15 is 0 Å². The molecular weight excluding hydrogens is 400 g/mol. The van der Waals surface area contributed by atoms with Crippen LogP contribution in [-0.4, -0.2) is 53.5 Å². The van der Waals surface area contributed by atoms with Crippen LogP contribution in [0.3, 0.4) is 0 Å². The Hall–Kier alpha value is -3.39. The van der Waals surface area contributed by atoms with Crippen LogP contribution < -0.4 is 10.6 Å². The van der Waals surface area contributed by atoms with Crippen LogP contribution in [0.15, 0.2) is 48.5 Å². The van der Waals surface area contributed by atoms with Gasteiger partial charge in [-0.2, -0.15) is 0 Å². The number of aliphatic hydroxyl groups is 1. The summed E-state index contributed by atoms with van der Waals surface area (Å²) in [5.74, 6) is -1.83. The number of carbonyl (C=O) groups excluding carboxylic acids is 2. The third-order valence-corrected chi connectivity index (χ3v) is 5.29. The van der Waals surface area contributed by atoms with Crippen LogP contribution in [0, 0.1) is 0 Å². The molecule has 1 aliphatic rings. The number of carboxylic acid groups (broad SMARTS) is 1. The Bertz CT molecular complexity index is 915. The molecule has 0 aliphatic heterocycles. The van der Waals surface area contributed by atoms with E-state index in [0.717, 1.165) is 22.3 Å². The fraction of sp³-hybridized carbons (Fsp3) is 0.348. The van der Waals surface area contributed by atoms with Gasteiger partial charge in [0.2, 0.25) is 5.91 Å². The van der Waals surface area contributed by atoms with Crippen molar-refractivity contribution in [1.82, 2.24) is 10.6 Å². The third-order valence-electron chi connectivity index (χ3n) is 5.29. The molecule has 3 rings (SSSR count). The van der Waals surface area contributed by atoms with Gasteiger partial charge in [0, 0.05) is 18.4 Å². The lowest BCUT2D eigenvalue weighted by Gasteiger charge is -2.17. The number of hydrogen-bond donors (Lipinski definition) is 4. The molecule has 2 atom stereocenters. The maximum atomic E-state index is 12.2. The average molecular weight is 426 g/mol. The van der Waals surface area contributed by atoms with Gasteiger partial charge in [0.15, 0.2) is 6.10 Å². The summed E-state index contributed by atoms with van der Waals surface area (Å²) in [4.78, 5) is 34.5. The summed E-state index contributed by atoms with van der Waals surface area (Å²) in [6.07, 6.45) is -1.77. The highest BCUT2D eigenvalue weighted by Gasteiger charge is 2.29. The average Bonchev–Trinajstić information content (AvgIpc) is 3.08. The van der Waals surface area contributed by atoms with Gasteiger partial charge in [0.1, 0.15) is 6.61 Å². The minimum absolute atomic E-state index is 0.0279. The molecule has 2 aromatic carbocycles. The zero-order valence-corrected chi connectivity index (χ0v) is 17.2. The highest BCUT2D eigenvalue weighted by molar-refractivity contribution is 5.79. The van der Waals surface area contributed by atoms with Crippen molar-refractivity contribution in [2.45, 2.75) is 37.8 Å². The standard InChI is InChI=1S/C23H26N2O6/c1-14(10-11-21(27)24-12-20(26)22(28)29)25-23(30)31-13-19-17-8-4-2-6-15(17)16-7-3-5-9-18(16)19/h2-9,14,19-20,26H,10-13H2,1H3,(H,24,27)(H,25,30)(H,28,29)/t14?,20-/m0/s1. The number of hydrogen-bond acceptors (Lipinski definition) is 5. The van der Waals surface area contributed by atoms with E-state index in [2.05, 4.69) is 22.8 Å². The zero-order chi connectivity index (χ0) is 22.4. The van der Waals surface area contributed by atoms with Gasteiger partial charge in [0.05, 0.1) is 6.54 Å². The number of carboxylic acids is 1. The fourth-order valence-electron chi connectivity index (χ4n) is 3.65. The van der Waals surface area contributed by atoms with Crippen LogP contribution in [-0.2, 0) is 14.3 Å². The number of aliphatic hydroxyl groups excluding tert-OH is 1. The first-order valence-electron chi connectivity index (χ1n) is 10.2. The Morgan fingerprint density at radius 3 is 2.19 bits per heavy atom. The number of nitrogens with one attached hydrogen (secondary N) is 2. The van der Waals surface area contributed by atoms with Crippen LogP contribution in [0.2, 0.25) is 0 Å². The largest absolute Gasteiger partial charge is 0.479 e. The summed E-state index contributed by atoms with van der Waals surface area (Å²) in [7, 11) is 0. The summed E-state index contributed by atoms with van der Waals surface area (Å²) in [5, 5.41) is 22.8. The zero-order valence-electron chi connectivity index (χ0n) is 17.2. The second-order valence-electron chi connectivity index (χ2n) is 7.57. The Balaban J connectivity index is 1.45. The molecule has 2 aromatic rings. The summed E-state index contributed by atoms with van der Waals surface area (Å²) in [6, 6.07) is 15.8. The topological polar surface area (TPSA) is 125 Å². The second kappa shape index (κ2) is 10.1. The minimum Gasteiger partial charge on any atom is -0.479 e. The number of aliphatic carboxylic acids is 1. The molecule has 2 amide bonds. The lowest BCUT2D eigenvalue weighted by molar-refractivity contribution is -0.146. The van der Waals surface area contributed by atoms with Crippen molar-refractivity contribution in [3.05, 3.63) is 59.7 Å². The molecular formula is C23H26N2O6. The predicted octanol–water partition coefficient (Wildman–Crippen LogP) is 2.26. The van der Waals surface area contributed by atoms with Crippen molar-refractivity contribution in [2.24, 2.45) is 0 Å². The molecule has 0 saturated heterocycles.